The van der Waals surface area contributed by atoms with E-state index in [0.29, 0.717) is 19.0 Å². The minimum atomic E-state index is -0.144. The Balaban J connectivity index is 1.96. The zero-order chi connectivity index (χ0) is 14.1. The number of ether oxygens (including phenoxy) is 1. The zero-order valence-corrected chi connectivity index (χ0v) is 11.9. The number of aryl methyl sites for hydroxylation is 1. The summed E-state index contributed by atoms with van der Waals surface area (Å²) in [6.07, 6.45) is 0.804. The third-order valence-corrected chi connectivity index (χ3v) is 3.80. The summed E-state index contributed by atoms with van der Waals surface area (Å²) in [6, 6.07) is 9.53. The molecule has 3 rings (SSSR count). The first-order valence-electron chi connectivity index (χ1n) is 6.58. The van der Waals surface area contributed by atoms with Crippen LogP contribution in [0.5, 0.6) is 0 Å². The maximum Gasteiger partial charge on any atom is 0.255 e. The number of aromatic nitrogens is 2. The zero-order valence-electron chi connectivity index (χ0n) is 11.2. The number of hydrogen-bond donors (Lipinski definition) is 0. The minimum absolute atomic E-state index is 0.112. The summed E-state index contributed by atoms with van der Waals surface area (Å²) in [5.41, 5.74) is 2.30. The molecular weight excluding hydrogens is 276 g/mol. The highest BCUT2D eigenvalue weighted by Crippen LogP contribution is 2.28. The van der Waals surface area contributed by atoms with Gasteiger partial charge in [0.15, 0.2) is 0 Å². The van der Waals surface area contributed by atoms with Gasteiger partial charge in [0, 0.05) is 6.07 Å². The van der Waals surface area contributed by atoms with E-state index in [1.807, 2.05) is 12.1 Å². The molecule has 0 bridgehead atoms. The molecule has 1 aromatic carbocycles. The van der Waals surface area contributed by atoms with Crippen molar-refractivity contribution in [3.05, 3.63) is 62.8 Å². The second-order valence-corrected chi connectivity index (χ2v) is 5.27. The molecule has 0 aliphatic carbocycles. The Bertz CT molecular complexity index is 697. The van der Waals surface area contributed by atoms with E-state index in [4.69, 9.17) is 16.3 Å². The number of halogens is 1. The van der Waals surface area contributed by atoms with E-state index in [-0.39, 0.29) is 16.8 Å². The summed E-state index contributed by atoms with van der Waals surface area (Å²) in [6.45, 7) is 2.92. The Hall–Kier alpha value is -1.65. The van der Waals surface area contributed by atoms with Crippen LogP contribution in [0.15, 0.2) is 35.1 Å². The van der Waals surface area contributed by atoms with Crippen LogP contribution in [-0.4, -0.2) is 16.2 Å². The van der Waals surface area contributed by atoms with Crippen molar-refractivity contribution in [1.82, 2.24) is 9.55 Å². The van der Waals surface area contributed by atoms with Crippen LogP contribution < -0.4 is 5.56 Å². The van der Waals surface area contributed by atoms with E-state index in [2.05, 4.69) is 17.1 Å². The molecule has 1 aliphatic heterocycles. The minimum Gasteiger partial charge on any atom is -0.371 e. The predicted molar refractivity (Wildman–Crippen MR) is 77.1 cm³/mol. The third-order valence-electron chi connectivity index (χ3n) is 3.61. The van der Waals surface area contributed by atoms with Crippen molar-refractivity contribution < 1.29 is 4.74 Å². The molecule has 5 heteroatoms. The maximum atomic E-state index is 12.0. The highest BCUT2D eigenvalue weighted by atomic mass is 35.5. The predicted octanol–water partition coefficient (Wildman–Crippen LogP) is 2.52. The molecule has 0 saturated carbocycles. The highest BCUT2D eigenvalue weighted by molar-refractivity contribution is 6.29. The van der Waals surface area contributed by atoms with E-state index in [0.717, 1.165) is 12.0 Å². The molecule has 0 spiro atoms. The van der Waals surface area contributed by atoms with E-state index in [1.54, 1.807) is 11.5 Å². The van der Waals surface area contributed by atoms with Crippen LogP contribution in [0.4, 0.5) is 0 Å². The van der Waals surface area contributed by atoms with Gasteiger partial charge in [-0.3, -0.25) is 9.36 Å². The van der Waals surface area contributed by atoms with Gasteiger partial charge in [-0.2, -0.15) is 0 Å². The average molecular weight is 291 g/mol. The van der Waals surface area contributed by atoms with Gasteiger partial charge in [0.1, 0.15) is 17.1 Å². The van der Waals surface area contributed by atoms with E-state index >= 15 is 0 Å². The average Bonchev–Trinajstić information content (AvgIpc) is 2.43. The Labute approximate surface area is 122 Å². The van der Waals surface area contributed by atoms with Crippen molar-refractivity contribution in [1.29, 1.82) is 0 Å². The summed E-state index contributed by atoms with van der Waals surface area (Å²) in [7, 11) is 0. The summed E-state index contributed by atoms with van der Waals surface area (Å²) >= 11 is 5.79. The molecule has 104 valence electrons. The SMILES string of the molecule is Cc1nc(Cl)cc(=O)n1CC1OCCc2ccccc21. The van der Waals surface area contributed by atoms with Crippen LogP contribution in [-0.2, 0) is 17.7 Å². The largest absolute Gasteiger partial charge is 0.371 e. The molecule has 1 atom stereocenters. The maximum absolute atomic E-state index is 12.0. The summed E-state index contributed by atoms with van der Waals surface area (Å²) in [5, 5.41) is 0.230. The Morgan fingerprint density at radius 2 is 2.25 bits per heavy atom. The fourth-order valence-corrected chi connectivity index (χ4v) is 2.82. The van der Waals surface area contributed by atoms with Gasteiger partial charge in [-0.15, -0.1) is 0 Å². The lowest BCUT2D eigenvalue weighted by atomic mass is 9.97. The topological polar surface area (TPSA) is 44.1 Å². The van der Waals surface area contributed by atoms with Gasteiger partial charge in [-0.05, 0) is 24.5 Å². The lowest BCUT2D eigenvalue weighted by molar-refractivity contribution is 0.0293. The number of rotatable bonds is 2. The van der Waals surface area contributed by atoms with Crippen molar-refractivity contribution >= 4 is 11.6 Å². The smallest absolute Gasteiger partial charge is 0.255 e. The quantitative estimate of drug-likeness (QED) is 0.798. The fourth-order valence-electron chi connectivity index (χ4n) is 2.60. The molecule has 1 aromatic heterocycles. The van der Waals surface area contributed by atoms with Gasteiger partial charge >= 0.3 is 0 Å². The first-order valence-corrected chi connectivity index (χ1v) is 6.96. The van der Waals surface area contributed by atoms with Crippen molar-refractivity contribution in [2.24, 2.45) is 0 Å². The second-order valence-electron chi connectivity index (χ2n) is 4.88. The monoisotopic (exact) mass is 290 g/mol. The molecule has 0 radical (unpaired) electrons. The highest BCUT2D eigenvalue weighted by Gasteiger charge is 2.21. The molecule has 0 saturated heterocycles. The van der Waals surface area contributed by atoms with Crippen molar-refractivity contribution in [3.8, 4) is 0 Å². The van der Waals surface area contributed by atoms with Gasteiger partial charge in [-0.25, -0.2) is 4.98 Å². The van der Waals surface area contributed by atoms with Gasteiger partial charge in [-0.1, -0.05) is 35.9 Å². The van der Waals surface area contributed by atoms with E-state index in [1.165, 1.54) is 11.6 Å². The van der Waals surface area contributed by atoms with Gasteiger partial charge in [0.25, 0.3) is 5.56 Å². The molecule has 2 heterocycles. The van der Waals surface area contributed by atoms with Crippen LogP contribution in [0, 0.1) is 6.92 Å². The second kappa shape index (κ2) is 5.38. The first-order chi connectivity index (χ1) is 9.65. The van der Waals surface area contributed by atoms with Crippen LogP contribution >= 0.6 is 11.6 Å². The Morgan fingerprint density at radius 3 is 3.05 bits per heavy atom. The molecule has 0 N–H and O–H groups in total. The summed E-state index contributed by atoms with van der Waals surface area (Å²) in [4.78, 5) is 16.2. The van der Waals surface area contributed by atoms with Crippen molar-refractivity contribution in [3.63, 3.8) is 0 Å². The van der Waals surface area contributed by atoms with E-state index in [9.17, 15) is 4.79 Å². The molecule has 2 aromatic rings. The molecule has 1 unspecified atom stereocenters. The van der Waals surface area contributed by atoms with Crippen LogP contribution in [0.1, 0.15) is 23.1 Å². The lowest BCUT2D eigenvalue weighted by Gasteiger charge is -2.27. The van der Waals surface area contributed by atoms with Gasteiger partial charge < -0.3 is 4.74 Å². The molecular formula is C15H15ClN2O2. The fraction of sp³-hybridized carbons (Fsp3) is 0.333. The number of fused-ring (bicyclic) bond motifs is 1. The summed E-state index contributed by atoms with van der Waals surface area (Å²) < 4.78 is 7.44. The molecule has 4 nitrogen and oxygen atoms in total. The number of nitrogens with zero attached hydrogens (tertiary/aromatic N) is 2. The molecule has 1 aliphatic rings. The molecule has 0 amide bonds. The molecule has 20 heavy (non-hydrogen) atoms. The van der Waals surface area contributed by atoms with E-state index < -0.39 is 0 Å². The van der Waals surface area contributed by atoms with Crippen LogP contribution in [0.25, 0.3) is 0 Å². The van der Waals surface area contributed by atoms with Crippen molar-refractivity contribution in [2.45, 2.75) is 26.0 Å². The van der Waals surface area contributed by atoms with Crippen molar-refractivity contribution in [2.75, 3.05) is 6.61 Å². The van der Waals surface area contributed by atoms with Crippen LogP contribution in [0.2, 0.25) is 5.15 Å². The number of hydrogen-bond acceptors (Lipinski definition) is 3. The van der Waals surface area contributed by atoms with Gasteiger partial charge in [0.05, 0.1) is 13.2 Å². The standard InChI is InChI=1S/C15H15ClN2O2/c1-10-17-14(16)8-15(19)18(10)9-13-12-5-3-2-4-11(12)6-7-20-13/h2-5,8,13H,6-7,9H2,1H3. The number of benzene rings is 1. The van der Waals surface area contributed by atoms with Gasteiger partial charge in [0.2, 0.25) is 0 Å². The third kappa shape index (κ3) is 2.49. The first kappa shape index (κ1) is 13.3. The summed E-state index contributed by atoms with van der Waals surface area (Å²) in [5.74, 6) is 0.606. The lowest BCUT2D eigenvalue weighted by Crippen LogP contribution is -2.29. The Morgan fingerprint density at radius 1 is 1.45 bits per heavy atom. The Kier molecular flexibility index (Phi) is 3.59. The van der Waals surface area contributed by atoms with Crippen LogP contribution in [0.3, 0.4) is 0 Å². The normalized spacial score (nSPS) is 17.8. The molecule has 0 fully saturated rings.